The molecular formula is C28H29N3O6. The van der Waals surface area contributed by atoms with Crippen LogP contribution in [0.3, 0.4) is 0 Å². The summed E-state index contributed by atoms with van der Waals surface area (Å²) < 4.78 is 11.1. The Morgan fingerprint density at radius 1 is 1.00 bits per heavy atom. The van der Waals surface area contributed by atoms with E-state index in [1.807, 2.05) is 37.3 Å². The number of carbonyl (C=O) groups excluding carboxylic acids is 2. The van der Waals surface area contributed by atoms with Gasteiger partial charge >= 0.3 is 5.97 Å². The van der Waals surface area contributed by atoms with Crippen LogP contribution in [-0.4, -0.2) is 26.1 Å². The first kappa shape index (κ1) is 26.9. The Morgan fingerprint density at radius 2 is 1.70 bits per heavy atom. The van der Waals surface area contributed by atoms with E-state index in [9.17, 15) is 9.59 Å². The number of benzene rings is 3. The van der Waals surface area contributed by atoms with Gasteiger partial charge in [-0.3, -0.25) is 14.6 Å². The van der Waals surface area contributed by atoms with Crippen molar-refractivity contribution in [1.29, 1.82) is 5.26 Å². The third kappa shape index (κ3) is 6.70. The SMILES string of the molecule is CCc1c(OC)c(OC)cc(OOC(C)=O)c1C(Nc1ccc(C#N)cc1)C(=O)NCc1ccccc1. The van der Waals surface area contributed by atoms with Crippen molar-refractivity contribution >= 4 is 17.6 Å². The molecule has 1 atom stereocenters. The van der Waals surface area contributed by atoms with E-state index in [2.05, 4.69) is 16.7 Å². The summed E-state index contributed by atoms with van der Waals surface area (Å²) in [7, 11) is 2.98. The zero-order valence-electron chi connectivity index (χ0n) is 21.2. The van der Waals surface area contributed by atoms with Gasteiger partial charge in [0.1, 0.15) is 6.04 Å². The number of nitriles is 1. The van der Waals surface area contributed by atoms with Gasteiger partial charge in [0.05, 0.1) is 25.9 Å². The molecule has 0 bridgehead atoms. The van der Waals surface area contributed by atoms with Crippen molar-refractivity contribution in [2.24, 2.45) is 0 Å². The lowest BCUT2D eigenvalue weighted by atomic mass is 9.94. The highest BCUT2D eigenvalue weighted by Crippen LogP contribution is 2.43. The van der Waals surface area contributed by atoms with Crippen molar-refractivity contribution in [2.45, 2.75) is 32.9 Å². The molecule has 0 heterocycles. The fourth-order valence-corrected chi connectivity index (χ4v) is 3.86. The molecule has 0 aliphatic heterocycles. The molecule has 37 heavy (non-hydrogen) atoms. The van der Waals surface area contributed by atoms with Gasteiger partial charge in [0.15, 0.2) is 17.2 Å². The molecular weight excluding hydrogens is 474 g/mol. The largest absolute Gasteiger partial charge is 0.493 e. The molecule has 3 rings (SSSR count). The van der Waals surface area contributed by atoms with Crippen LogP contribution in [0, 0.1) is 11.3 Å². The van der Waals surface area contributed by atoms with Crippen LogP contribution in [0.25, 0.3) is 0 Å². The van der Waals surface area contributed by atoms with E-state index >= 15 is 0 Å². The molecule has 0 fully saturated rings. The van der Waals surface area contributed by atoms with Crippen molar-refractivity contribution in [3.63, 3.8) is 0 Å². The lowest BCUT2D eigenvalue weighted by Crippen LogP contribution is -2.34. The summed E-state index contributed by atoms with van der Waals surface area (Å²) in [5.41, 5.74) is 3.04. The molecule has 9 heteroatoms. The second-order valence-corrected chi connectivity index (χ2v) is 7.98. The molecule has 0 spiro atoms. The van der Waals surface area contributed by atoms with Crippen molar-refractivity contribution < 1.29 is 28.8 Å². The topological polar surface area (TPSA) is 119 Å². The van der Waals surface area contributed by atoms with E-state index in [0.717, 1.165) is 5.56 Å². The van der Waals surface area contributed by atoms with E-state index in [0.29, 0.717) is 46.8 Å². The van der Waals surface area contributed by atoms with Crippen LogP contribution >= 0.6 is 0 Å². The zero-order valence-corrected chi connectivity index (χ0v) is 21.2. The minimum atomic E-state index is -0.989. The van der Waals surface area contributed by atoms with Gasteiger partial charge in [-0.25, -0.2) is 4.79 Å². The maximum absolute atomic E-state index is 13.7. The van der Waals surface area contributed by atoms with Crippen LogP contribution in [0.4, 0.5) is 5.69 Å². The summed E-state index contributed by atoms with van der Waals surface area (Å²) in [4.78, 5) is 35.5. The Morgan fingerprint density at radius 3 is 2.27 bits per heavy atom. The average molecular weight is 504 g/mol. The Bertz CT molecular complexity index is 1270. The van der Waals surface area contributed by atoms with Gasteiger partial charge in [0.25, 0.3) is 0 Å². The van der Waals surface area contributed by atoms with Gasteiger partial charge in [-0.1, -0.05) is 37.3 Å². The number of methoxy groups -OCH3 is 2. The molecule has 0 aliphatic rings. The van der Waals surface area contributed by atoms with E-state index in [1.54, 1.807) is 24.3 Å². The Hall–Kier alpha value is -4.71. The Labute approximate surface area is 215 Å². The summed E-state index contributed by atoms with van der Waals surface area (Å²) in [5.74, 6) is -0.123. The van der Waals surface area contributed by atoms with E-state index in [1.165, 1.54) is 27.2 Å². The standard InChI is InChI=1S/C28H29N3O6/c1-5-22-25(23(37-36-18(2)32)15-24(34-3)27(22)35-4)26(31-21-13-11-19(16-29)12-14-21)28(33)30-17-20-9-7-6-8-10-20/h6-15,26,31H,5,17H2,1-4H3,(H,30,33). The molecule has 2 N–H and O–H groups in total. The Balaban J connectivity index is 2.13. The normalized spacial score (nSPS) is 11.0. The van der Waals surface area contributed by atoms with Crippen LogP contribution in [0.2, 0.25) is 0 Å². The number of hydrogen-bond acceptors (Lipinski definition) is 8. The predicted octanol–water partition coefficient (Wildman–Crippen LogP) is 4.46. The molecule has 0 radical (unpaired) electrons. The van der Waals surface area contributed by atoms with Gasteiger partial charge in [-0.05, 0) is 36.2 Å². The van der Waals surface area contributed by atoms with Crippen molar-refractivity contribution in [1.82, 2.24) is 5.32 Å². The van der Waals surface area contributed by atoms with Gasteiger partial charge in [0.2, 0.25) is 5.91 Å². The van der Waals surface area contributed by atoms with Crippen LogP contribution in [0.5, 0.6) is 17.2 Å². The number of hydrogen-bond donors (Lipinski definition) is 2. The summed E-state index contributed by atoms with van der Waals surface area (Å²) in [5, 5.41) is 15.3. The minimum absolute atomic E-state index is 0.116. The predicted molar refractivity (Wildman–Crippen MR) is 137 cm³/mol. The fourth-order valence-electron chi connectivity index (χ4n) is 3.86. The fraction of sp³-hybridized carbons (Fsp3) is 0.250. The molecule has 192 valence electrons. The molecule has 0 saturated heterocycles. The highest BCUT2D eigenvalue weighted by molar-refractivity contribution is 5.88. The van der Waals surface area contributed by atoms with Gasteiger partial charge in [-0.2, -0.15) is 5.26 Å². The highest BCUT2D eigenvalue weighted by Gasteiger charge is 2.31. The maximum atomic E-state index is 13.7. The molecule has 0 saturated carbocycles. The maximum Gasteiger partial charge on any atom is 0.352 e. The molecule has 0 aromatic heterocycles. The van der Waals surface area contributed by atoms with E-state index < -0.39 is 12.0 Å². The molecule has 9 nitrogen and oxygen atoms in total. The molecule has 3 aromatic carbocycles. The quantitative estimate of drug-likeness (QED) is 0.291. The van der Waals surface area contributed by atoms with Crippen LogP contribution < -0.4 is 25.0 Å². The number of rotatable bonds is 11. The number of ether oxygens (including phenoxy) is 2. The lowest BCUT2D eigenvalue weighted by Gasteiger charge is -2.26. The first-order valence-electron chi connectivity index (χ1n) is 11.6. The average Bonchev–Trinajstić information content (AvgIpc) is 2.93. The molecule has 3 aromatic rings. The van der Waals surface area contributed by atoms with Crippen LogP contribution in [0.15, 0.2) is 60.7 Å². The van der Waals surface area contributed by atoms with Gasteiger partial charge in [0, 0.05) is 36.3 Å². The van der Waals surface area contributed by atoms with Crippen LogP contribution in [-0.2, 0) is 27.4 Å². The minimum Gasteiger partial charge on any atom is -0.493 e. The van der Waals surface area contributed by atoms with Gasteiger partial charge < -0.3 is 20.1 Å². The summed E-state index contributed by atoms with van der Waals surface area (Å²) in [6.07, 6.45) is 0.448. The Kier molecular flexibility index (Phi) is 9.33. The number of amides is 1. The summed E-state index contributed by atoms with van der Waals surface area (Å²) in [6.45, 7) is 3.40. The number of nitrogens with one attached hydrogen (secondary N) is 2. The number of anilines is 1. The van der Waals surface area contributed by atoms with Crippen molar-refractivity contribution in [3.05, 3.63) is 82.9 Å². The number of carbonyl (C=O) groups is 2. The monoisotopic (exact) mass is 503 g/mol. The second kappa shape index (κ2) is 12.8. The highest BCUT2D eigenvalue weighted by atomic mass is 17.2. The molecule has 1 amide bonds. The summed E-state index contributed by atoms with van der Waals surface area (Å²) >= 11 is 0. The lowest BCUT2D eigenvalue weighted by molar-refractivity contribution is -0.211. The van der Waals surface area contributed by atoms with Crippen molar-refractivity contribution in [3.8, 4) is 23.3 Å². The van der Waals surface area contributed by atoms with Gasteiger partial charge in [-0.15, -0.1) is 0 Å². The van der Waals surface area contributed by atoms with Crippen LogP contribution in [0.1, 0.15) is 42.1 Å². The molecule has 0 aliphatic carbocycles. The van der Waals surface area contributed by atoms with E-state index in [-0.39, 0.29) is 11.7 Å². The molecule has 1 unspecified atom stereocenters. The zero-order chi connectivity index (χ0) is 26.8. The van der Waals surface area contributed by atoms with Crippen molar-refractivity contribution in [2.75, 3.05) is 19.5 Å². The number of nitrogens with zero attached hydrogens (tertiary/aromatic N) is 1. The van der Waals surface area contributed by atoms with E-state index in [4.69, 9.17) is 24.5 Å². The summed E-state index contributed by atoms with van der Waals surface area (Å²) in [6, 6.07) is 18.8. The third-order valence-electron chi connectivity index (χ3n) is 5.56. The first-order chi connectivity index (χ1) is 17.9. The first-order valence-corrected chi connectivity index (χ1v) is 11.6. The smallest absolute Gasteiger partial charge is 0.352 e. The third-order valence-corrected chi connectivity index (χ3v) is 5.56. The second-order valence-electron chi connectivity index (χ2n) is 7.98.